The first kappa shape index (κ1) is 8.18. The predicted octanol–water partition coefficient (Wildman–Crippen LogP) is 0.369. The van der Waals surface area contributed by atoms with Crippen LogP contribution in [0.2, 0.25) is 0 Å². The summed E-state index contributed by atoms with van der Waals surface area (Å²) in [7, 11) is 1.14. The minimum atomic E-state index is -0.796. The van der Waals surface area contributed by atoms with Crippen molar-refractivity contribution < 1.29 is 19.0 Å². The molecule has 0 atom stereocenters. The molecule has 0 aliphatic carbocycles. The Morgan fingerprint density at radius 1 is 1.83 bits per heavy atom. The van der Waals surface area contributed by atoms with Gasteiger partial charge in [-0.1, -0.05) is 0 Å². The second-order valence-electron chi connectivity index (χ2n) is 1.80. The Kier molecular flexibility index (Phi) is 2.04. The fourth-order valence-corrected chi connectivity index (χ4v) is 0.549. The zero-order valence-corrected chi connectivity index (χ0v) is 6.01. The van der Waals surface area contributed by atoms with Gasteiger partial charge in [-0.15, -0.1) is 0 Å². The van der Waals surface area contributed by atoms with Gasteiger partial charge in [-0.05, 0) is 4.92 Å². The van der Waals surface area contributed by atoms with E-state index in [2.05, 4.69) is 14.4 Å². The Bertz CT molecular complexity index is 317. The van der Waals surface area contributed by atoms with Crippen LogP contribution in [0.4, 0.5) is 5.82 Å². The Balaban J connectivity index is 2.91. The number of carbonyl (C=O) groups is 1. The molecule has 0 spiro atoms. The molecule has 7 heteroatoms. The molecular formula is C5H4N2O5. The second kappa shape index (κ2) is 2.99. The fourth-order valence-electron chi connectivity index (χ4n) is 0.549. The van der Waals surface area contributed by atoms with Crippen LogP contribution in [0.15, 0.2) is 10.6 Å². The van der Waals surface area contributed by atoms with Crippen molar-refractivity contribution in [3.63, 3.8) is 0 Å². The number of rotatable bonds is 2. The molecule has 0 fully saturated rings. The summed E-state index contributed by atoms with van der Waals surface area (Å²) < 4.78 is 8.55. The summed E-state index contributed by atoms with van der Waals surface area (Å²) in [6, 6.07) is 0.895. The Morgan fingerprint density at radius 2 is 2.50 bits per heavy atom. The summed E-state index contributed by atoms with van der Waals surface area (Å²) in [5.74, 6) is -1.60. The van der Waals surface area contributed by atoms with Crippen LogP contribution < -0.4 is 0 Å². The van der Waals surface area contributed by atoms with Crippen molar-refractivity contribution in [1.82, 2.24) is 5.16 Å². The van der Waals surface area contributed by atoms with Gasteiger partial charge in [-0.25, -0.2) is 9.32 Å². The Labute approximate surface area is 66.1 Å². The summed E-state index contributed by atoms with van der Waals surface area (Å²) in [6.07, 6.45) is 0. The number of methoxy groups -OCH3 is 1. The molecule has 12 heavy (non-hydrogen) atoms. The van der Waals surface area contributed by atoms with E-state index in [1.807, 2.05) is 0 Å². The normalized spacial score (nSPS) is 9.42. The zero-order chi connectivity index (χ0) is 9.14. The quantitative estimate of drug-likeness (QED) is 0.363. The SMILES string of the molecule is COC(=O)c1cc([N+](=O)[O-])no1. The molecule has 1 heterocycles. The molecule has 0 amide bonds. The molecule has 0 aliphatic rings. The second-order valence-corrected chi connectivity index (χ2v) is 1.80. The van der Waals surface area contributed by atoms with Crippen LogP contribution in [-0.4, -0.2) is 23.2 Å². The van der Waals surface area contributed by atoms with E-state index in [0.29, 0.717) is 0 Å². The minimum Gasteiger partial charge on any atom is -0.463 e. The standard InChI is InChI=1S/C5H4N2O5/c1-11-5(8)3-2-4(6-12-3)7(9)10/h2H,1H3. The van der Waals surface area contributed by atoms with Crippen LogP contribution in [0.5, 0.6) is 0 Å². The van der Waals surface area contributed by atoms with Crippen LogP contribution in [0.1, 0.15) is 10.6 Å². The molecule has 0 radical (unpaired) electrons. The fraction of sp³-hybridized carbons (Fsp3) is 0.200. The van der Waals surface area contributed by atoms with E-state index in [-0.39, 0.29) is 5.76 Å². The molecule has 0 unspecified atom stereocenters. The molecular weight excluding hydrogens is 168 g/mol. The van der Waals surface area contributed by atoms with E-state index in [1.54, 1.807) is 0 Å². The average Bonchev–Trinajstić information content (AvgIpc) is 2.51. The summed E-state index contributed by atoms with van der Waals surface area (Å²) >= 11 is 0. The number of carbonyl (C=O) groups excluding carboxylic acids is 1. The van der Waals surface area contributed by atoms with E-state index in [1.165, 1.54) is 0 Å². The van der Waals surface area contributed by atoms with Crippen LogP contribution in [0.3, 0.4) is 0 Å². The van der Waals surface area contributed by atoms with Gasteiger partial charge in [-0.3, -0.25) is 0 Å². The van der Waals surface area contributed by atoms with Crippen molar-refractivity contribution in [2.75, 3.05) is 7.11 Å². The molecule has 1 aromatic heterocycles. The lowest BCUT2D eigenvalue weighted by Gasteiger charge is -1.86. The number of hydrogen-bond acceptors (Lipinski definition) is 6. The molecule has 0 aromatic carbocycles. The van der Waals surface area contributed by atoms with Crippen molar-refractivity contribution in [3.05, 3.63) is 21.9 Å². The van der Waals surface area contributed by atoms with Crippen molar-refractivity contribution in [3.8, 4) is 0 Å². The third-order valence-electron chi connectivity index (χ3n) is 1.07. The maximum atomic E-state index is 10.7. The molecule has 7 nitrogen and oxygen atoms in total. The third-order valence-corrected chi connectivity index (χ3v) is 1.07. The van der Waals surface area contributed by atoms with E-state index in [9.17, 15) is 14.9 Å². The van der Waals surface area contributed by atoms with Gasteiger partial charge >= 0.3 is 11.8 Å². The molecule has 64 valence electrons. The highest BCUT2D eigenvalue weighted by atomic mass is 16.6. The van der Waals surface area contributed by atoms with E-state index in [0.717, 1.165) is 13.2 Å². The average molecular weight is 172 g/mol. The largest absolute Gasteiger partial charge is 0.463 e. The highest BCUT2D eigenvalue weighted by Gasteiger charge is 2.20. The lowest BCUT2D eigenvalue weighted by molar-refractivity contribution is -0.390. The smallest absolute Gasteiger partial charge is 0.414 e. The summed E-state index contributed by atoms with van der Waals surface area (Å²) in [5.41, 5.74) is 0. The molecule has 1 aromatic rings. The van der Waals surface area contributed by atoms with Crippen molar-refractivity contribution in [2.45, 2.75) is 0 Å². The topological polar surface area (TPSA) is 95.5 Å². The Hall–Kier alpha value is -1.92. The van der Waals surface area contributed by atoms with Crippen LogP contribution >= 0.6 is 0 Å². The predicted molar refractivity (Wildman–Crippen MR) is 34.5 cm³/mol. The first-order chi connectivity index (χ1) is 5.65. The zero-order valence-electron chi connectivity index (χ0n) is 6.01. The first-order valence-corrected chi connectivity index (χ1v) is 2.84. The van der Waals surface area contributed by atoms with Crippen LogP contribution in [0.25, 0.3) is 0 Å². The van der Waals surface area contributed by atoms with E-state index >= 15 is 0 Å². The monoisotopic (exact) mass is 172 g/mol. The molecule has 0 aliphatic heterocycles. The van der Waals surface area contributed by atoms with Crippen LogP contribution in [-0.2, 0) is 4.74 Å². The third kappa shape index (κ3) is 1.39. The van der Waals surface area contributed by atoms with Gasteiger partial charge in [0.1, 0.15) is 0 Å². The summed E-state index contributed by atoms with van der Waals surface area (Å²) in [4.78, 5) is 20.0. The van der Waals surface area contributed by atoms with Gasteiger partial charge in [0.15, 0.2) is 5.16 Å². The van der Waals surface area contributed by atoms with Crippen molar-refractivity contribution in [1.29, 1.82) is 0 Å². The first-order valence-electron chi connectivity index (χ1n) is 2.84. The molecule has 0 saturated heterocycles. The minimum absolute atomic E-state index is 0.288. The number of nitrogens with zero attached hydrogens (tertiary/aromatic N) is 2. The molecule has 1 rings (SSSR count). The maximum Gasteiger partial charge on any atom is 0.414 e. The molecule has 0 N–H and O–H groups in total. The Morgan fingerprint density at radius 3 is 2.92 bits per heavy atom. The van der Waals surface area contributed by atoms with E-state index in [4.69, 9.17) is 0 Å². The van der Waals surface area contributed by atoms with Crippen LogP contribution in [0, 0.1) is 10.1 Å². The summed E-state index contributed by atoms with van der Waals surface area (Å²) in [6.45, 7) is 0. The van der Waals surface area contributed by atoms with Gasteiger partial charge in [0.2, 0.25) is 0 Å². The van der Waals surface area contributed by atoms with Gasteiger partial charge in [0.05, 0.1) is 13.2 Å². The lowest BCUT2D eigenvalue weighted by Crippen LogP contribution is -1.98. The number of hydrogen-bond donors (Lipinski definition) is 0. The van der Waals surface area contributed by atoms with Crippen molar-refractivity contribution in [2.24, 2.45) is 0 Å². The number of aromatic nitrogens is 1. The van der Waals surface area contributed by atoms with Gasteiger partial charge < -0.3 is 14.9 Å². The van der Waals surface area contributed by atoms with Crippen molar-refractivity contribution >= 4 is 11.8 Å². The molecule has 0 saturated carbocycles. The number of esters is 1. The van der Waals surface area contributed by atoms with Gasteiger partial charge in [-0.2, -0.15) is 0 Å². The highest BCUT2D eigenvalue weighted by Crippen LogP contribution is 2.11. The number of nitro groups is 1. The highest BCUT2D eigenvalue weighted by molar-refractivity contribution is 5.86. The van der Waals surface area contributed by atoms with E-state index < -0.39 is 16.7 Å². The lowest BCUT2D eigenvalue weighted by atomic mass is 10.4. The van der Waals surface area contributed by atoms with Gasteiger partial charge in [0.25, 0.3) is 5.76 Å². The number of ether oxygens (including phenoxy) is 1. The summed E-state index contributed by atoms with van der Waals surface area (Å²) in [5, 5.41) is 13.1. The maximum absolute atomic E-state index is 10.7. The van der Waals surface area contributed by atoms with Gasteiger partial charge in [0, 0.05) is 0 Å². The molecule has 0 bridgehead atoms.